The first-order valence-corrected chi connectivity index (χ1v) is 5.59. The molecule has 0 bridgehead atoms. The van der Waals surface area contributed by atoms with Gasteiger partial charge in [0.2, 0.25) is 0 Å². The van der Waals surface area contributed by atoms with Gasteiger partial charge in [-0.3, -0.25) is 4.40 Å². The second kappa shape index (κ2) is 4.01. The maximum atomic E-state index is 4.21. The number of hydrogen-bond acceptors (Lipinski definition) is 2. The number of aryl methyl sites for hydroxylation is 3. The second-order valence-electron chi connectivity index (χ2n) is 3.94. The average Bonchev–Trinajstić information content (AvgIpc) is 2.61. The number of rotatable bonds is 3. The molecule has 0 atom stereocenters. The van der Waals surface area contributed by atoms with Gasteiger partial charge in [-0.15, -0.1) is 10.2 Å². The van der Waals surface area contributed by atoms with Crippen molar-refractivity contribution in [1.82, 2.24) is 14.6 Å². The van der Waals surface area contributed by atoms with E-state index in [2.05, 4.69) is 47.5 Å². The quantitative estimate of drug-likeness (QED) is 0.767. The normalized spacial score (nSPS) is 11.1. The van der Waals surface area contributed by atoms with Crippen molar-refractivity contribution >= 4 is 5.65 Å². The first-order chi connectivity index (χ1) is 7.26. The number of hydrogen-bond donors (Lipinski definition) is 0. The maximum Gasteiger partial charge on any atom is 0.161 e. The number of nitrogens with zero attached hydrogens (tertiary/aromatic N) is 3. The fourth-order valence-electron chi connectivity index (χ4n) is 1.98. The smallest absolute Gasteiger partial charge is 0.161 e. The van der Waals surface area contributed by atoms with Gasteiger partial charge >= 0.3 is 0 Å². The van der Waals surface area contributed by atoms with Gasteiger partial charge in [0.25, 0.3) is 0 Å². The molecule has 2 rings (SSSR count). The molecule has 80 valence electrons. The van der Waals surface area contributed by atoms with E-state index in [4.69, 9.17) is 0 Å². The van der Waals surface area contributed by atoms with Gasteiger partial charge in [-0.2, -0.15) is 0 Å². The van der Waals surface area contributed by atoms with Gasteiger partial charge in [-0.1, -0.05) is 20.3 Å². The third kappa shape index (κ3) is 1.74. The van der Waals surface area contributed by atoms with Gasteiger partial charge < -0.3 is 0 Å². The fourth-order valence-corrected chi connectivity index (χ4v) is 1.98. The number of aromatic nitrogens is 3. The van der Waals surface area contributed by atoms with E-state index in [-0.39, 0.29) is 0 Å². The lowest BCUT2D eigenvalue weighted by Crippen LogP contribution is -2.01. The highest BCUT2D eigenvalue weighted by Crippen LogP contribution is 2.13. The van der Waals surface area contributed by atoms with E-state index in [0.29, 0.717) is 0 Å². The fraction of sp³-hybridized carbons (Fsp3) is 0.500. The van der Waals surface area contributed by atoms with Crippen molar-refractivity contribution in [2.75, 3.05) is 0 Å². The summed E-state index contributed by atoms with van der Waals surface area (Å²) in [7, 11) is 0. The lowest BCUT2D eigenvalue weighted by molar-refractivity contribution is 0.818. The lowest BCUT2D eigenvalue weighted by Gasteiger charge is -2.07. The molecule has 0 aliphatic rings. The molecule has 2 aromatic heterocycles. The zero-order valence-corrected chi connectivity index (χ0v) is 9.62. The molecule has 0 radical (unpaired) electrons. The van der Waals surface area contributed by atoms with Crippen LogP contribution in [-0.4, -0.2) is 14.6 Å². The van der Waals surface area contributed by atoms with E-state index in [1.54, 1.807) is 0 Å². The zero-order valence-electron chi connectivity index (χ0n) is 9.62. The van der Waals surface area contributed by atoms with Crippen LogP contribution in [0, 0.1) is 6.92 Å². The number of fused-ring (bicyclic) bond motifs is 1. The Morgan fingerprint density at radius 2 is 2.00 bits per heavy atom. The van der Waals surface area contributed by atoms with Crippen LogP contribution in [0.4, 0.5) is 0 Å². The number of pyridine rings is 1. The van der Waals surface area contributed by atoms with Crippen molar-refractivity contribution in [3.05, 3.63) is 29.2 Å². The molecule has 2 heterocycles. The summed E-state index contributed by atoms with van der Waals surface area (Å²) in [6.45, 7) is 6.43. The van der Waals surface area contributed by atoms with Crippen molar-refractivity contribution in [1.29, 1.82) is 0 Å². The van der Waals surface area contributed by atoms with E-state index < -0.39 is 0 Å². The predicted octanol–water partition coefficient (Wildman–Crippen LogP) is 2.55. The van der Waals surface area contributed by atoms with E-state index in [9.17, 15) is 0 Å². The average molecular weight is 203 g/mol. The molecule has 0 saturated heterocycles. The monoisotopic (exact) mass is 203 g/mol. The molecule has 0 aromatic carbocycles. The Kier molecular flexibility index (Phi) is 2.71. The van der Waals surface area contributed by atoms with Crippen LogP contribution in [0.3, 0.4) is 0 Å². The van der Waals surface area contributed by atoms with Crippen molar-refractivity contribution in [2.24, 2.45) is 0 Å². The van der Waals surface area contributed by atoms with Crippen LogP contribution in [0.25, 0.3) is 5.65 Å². The Morgan fingerprint density at radius 3 is 2.67 bits per heavy atom. The maximum absolute atomic E-state index is 4.21. The Hall–Kier alpha value is -1.38. The summed E-state index contributed by atoms with van der Waals surface area (Å²) in [6, 6.07) is 4.32. The van der Waals surface area contributed by atoms with Crippen LogP contribution in [-0.2, 0) is 12.8 Å². The van der Waals surface area contributed by atoms with Crippen LogP contribution < -0.4 is 0 Å². The van der Waals surface area contributed by atoms with Crippen LogP contribution >= 0.6 is 0 Å². The van der Waals surface area contributed by atoms with Crippen molar-refractivity contribution < 1.29 is 0 Å². The van der Waals surface area contributed by atoms with Crippen LogP contribution in [0.2, 0.25) is 0 Å². The van der Waals surface area contributed by atoms with Crippen molar-refractivity contribution in [2.45, 2.75) is 40.0 Å². The molecule has 0 aliphatic heterocycles. The summed E-state index contributed by atoms with van der Waals surface area (Å²) < 4.78 is 2.19. The van der Waals surface area contributed by atoms with Crippen molar-refractivity contribution in [3.8, 4) is 0 Å². The first kappa shape index (κ1) is 10.1. The Bertz CT molecular complexity index is 471. The highest BCUT2D eigenvalue weighted by Gasteiger charge is 2.08. The summed E-state index contributed by atoms with van der Waals surface area (Å²) in [5, 5.41) is 8.42. The van der Waals surface area contributed by atoms with Crippen LogP contribution in [0.15, 0.2) is 12.1 Å². The molecular weight excluding hydrogens is 186 g/mol. The lowest BCUT2D eigenvalue weighted by atomic mass is 10.1. The minimum absolute atomic E-state index is 0.931. The Labute approximate surface area is 90.1 Å². The van der Waals surface area contributed by atoms with Gasteiger partial charge in [-0.25, -0.2) is 0 Å². The standard InChI is InChI=1S/C12H17N3/c1-4-6-10-7-9(3)8-12-14-13-11(5-2)15(10)12/h7-8H,4-6H2,1-3H3. The molecule has 0 unspecified atom stereocenters. The molecule has 0 spiro atoms. The molecular formula is C12H17N3. The molecule has 0 saturated carbocycles. The summed E-state index contributed by atoms with van der Waals surface area (Å²) >= 11 is 0. The van der Waals surface area contributed by atoms with Crippen molar-refractivity contribution in [3.63, 3.8) is 0 Å². The minimum Gasteiger partial charge on any atom is -0.283 e. The highest BCUT2D eigenvalue weighted by atomic mass is 15.2. The highest BCUT2D eigenvalue weighted by molar-refractivity contribution is 5.43. The molecule has 2 aromatic rings. The molecule has 3 nitrogen and oxygen atoms in total. The third-order valence-electron chi connectivity index (χ3n) is 2.62. The minimum atomic E-state index is 0.931. The topological polar surface area (TPSA) is 30.2 Å². The van der Waals surface area contributed by atoms with Gasteiger partial charge in [0.05, 0.1) is 0 Å². The van der Waals surface area contributed by atoms with Crippen LogP contribution in [0.5, 0.6) is 0 Å². The van der Waals surface area contributed by atoms with E-state index in [1.165, 1.54) is 11.3 Å². The largest absolute Gasteiger partial charge is 0.283 e. The van der Waals surface area contributed by atoms with Crippen LogP contribution in [0.1, 0.15) is 37.4 Å². The molecule has 0 aliphatic carbocycles. The van der Waals surface area contributed by atoms with E-state index >= 15 is 0 Å². The van der Waals surface area contributed by atoms with Gasteiger partial charge in [0, 0.05) is 12.1 Å². The van der Waals surface area contributed by atoms with Gasteiger partial charge in [0.15, 0.2) is 5.65 Å². The molecule has 0 amide bonds. The SMILES string of the molecule is CCCc1cc(C)cc2nnc(CC)n12. The summed E-state index contributed by atoms with van der Waals surface area (Å²) in [4.78, 5) is 0. The summed E-state index contributed by atoms with van der Waals surface area (Å²) in [5.41, 5.74) is 3.57. The molecule has 3 heteroatoms. The molecule has 15 heavy (non-hydrogen) atoms. The third-order valence-corrected chi connectivity index (χ3v) is 2.62. The molecule has 0 N–H and O–H groups in total. The van der Waals surface area contributed by atoms with E-state index in [0.717, 1.165) is 30.7 Å². The Balaban J connectivity index is 2.67. The molecule has 0 fully saturated rings. The Morgan fingerprint density at radius 1 is 1.20 bits per heavy atom. The van der Waals surface area contributed by atoms with E-state index in [1.807, 2.05) is 0 Å². The summed E-state index contributed by atoms with van der Waals surface area (Å²) in [5.74, 6) is 1.06. The summed E-state index contributed by atoms with van der Waals surface area (Å²) in [6.07, 6.45) is 3.17. The first-order valence-electron chi connectivity index (χ1n) is 5.59. The van der Waals surface area contributed by atoms with Gasteiger partial charge in [-0.05, 0) is 31.0 Å². The zero-order chi connectivity index (χ0) is 10.8. The second-order valence-corrected chi connectivity index (χ2v) is 3.94. The predicted molar refractivity (Wildman–Crippen MR) is 61.1 cm³/mol. The van der Waals surface area contributed by atoms with Gasteiger partial charge in [0.1, 0.15) is 5.82 Å².